The number of nitrogens with one attached hydrogen (secondary N) is 10. The Morgan fingerprint density at radius 3 is 0.967 bits per heavy atom. The van der Waals surface area contributed by atoms with Crippen molar-refractivity contribution in [3.05, 3.63) is 0 Å². The van der Waals surface area contributed by atoms with E-state index in [1.165, 1.54) is 20.8 Å². The molecule has 15 unspecified atom stereocenters. The van der Waals surface area contributed by atoms with E-state index in [4.69, 9.17) is 45.7 Å². The number of likely N-dealkylation sites (tertiary alicyclic amines) is 1. The molecule has 0 radical (unpaired) electrons. The molecule has 0 aliphatic carbocycles. The number of carbonyl (C=O) groups excluding carboxylic acids is 11. The Labute approximate surface area is 721 Å². The topological polar surface area (TPSA) is 606 Å². The monoisotopic (exact) mass is 1850 g/mol. The van der Waals surface area contributed by atoms with Crippen molar-refractivity contribution in [1.29, 1.82) is 0 Å². The van der Waals surface area contributed by atoms with Crippen molar-refractivity contribution in [3.63, 3.8) is 0 Å². The second-order valence-electron chi connectivity index (χ2n) is 30.9. The Bertz CT molecular complexity index is 2780. The van der Waals surface area contributed by atoms with Crippen LogP contribution in [0.25, 0.3) is 0 Å². The molecule has 4 saturated heterocycles. The van der Waals surface area contributed by atoms with Gasteiger partial charge in [-0.1, -0.05) is 38.5 Å². The third-order valence-electron chi connectivity index (χ3n) is 20.5. The molecule has 42 nitrogen and oxygen atoms in total. The van der Waals surface area contributed by atoms with Crippen LogP contribution in [0.1, 0.15) is 188 Å². The Morgan fingerprint density at radius 1 is 0.372 bits per heavy atom. The number of β-amino-alcohol motifs (C(OH)–C–C–N with tert-alkyl or cyclic N) is 1. The third-order valence-corrected chi connectivity index (χ3v) is 20.8. The molecule has 698 valence electrons. The first-order valence-corrected chi connectivity index (χ1v) is 43.3. The summed E-state index contributed by atoms with van der Waals surface area (Å²) < 4.78 is 57.5. The lowest BCUT2D eigenvalue weighted by Crippen LogP contribution is -2.64. The van der Waals surface area contributed by atoms with Crippen molar-refractivity contribution >= 4 is 88.0 Å². The fourth-order valence-electron chi connectivity index (χ4n) is 13.8. The van der Waals surface area contributed by atoms with Crippen LogP contribution in [0.4, 0.5) is 0 Å². The van der Waals surface area contributed by atoms with Crippen LogP contribution in [0.3, 0.4) is 0 Å². The number of amides is 11. The van der Waals surface area contributed by atoms with Crippen LogP contribution < -0.4 is 53.2 Å². The first kappa shape index (κ1) is 107. The van der Waals surface area contributed by atoms with Crippen molar-refractivity contribution in [2.75, 3.05) is 132 Å². The van der Waals surface area contributed by atoms with Gasteiger partial charge in [0.25, 0.3) is 0 Å². The maximum Gasteiger partial charge on any atom is 0.222 e. The molecule has 121 heavy (non-hydrogen) atoms. The van der Waals surface area contributed by atoms with Gasteiger partial charge in [-0.2, -0.15) is 0 Å². The molecule has 0 bridgehead atoms. The zero-order chi connectivity index (χ0) is 88.9. The largest absolute Gasteiger partial charge is 0.394 e. The number of carbonyl (C=O) groups is 11. The van der Waals surface area contributed by atoms with Gasteiger partial charge in [-0.05, 0) is 77.0 Å². The number of hydrogen-bond acceptors (Lipinski definition) is 31. The number of halogens is 1. The van der Waals surface area contributed by atoms with Gasteiger partial charge in [0.2, 0.25) is 65.0 Å². The fourth-order valence-corrected chi connectivity index (χ4v) is 14.3. The molecule has 43 heteroatoms. The Balaban J connectivity index is 1.30. The molecule has 4 aliphatic rings. The quantitative estimate of drug-likeness (QED) is 0.0202. The van der Waals surface area contributed by atoms with Crippen molar-refractivity contribution in [3.8, 4) is 0 Å². The smallest absolute Gasteiger partial charge is 0.222 e. The summed E-state index contributed by atoms with van der Waals surface area (Å²) in [6.07, 6.45) is -5.22. The summed E-state index contributed by atoms with van der Waals surface area (Å²) >= 11 is 1.79. The summed E-state index contributed by atoms with van der Waals surface area (Å²) in [7, 11) is 0. The fraction of sp³-hybridized carbons (Fsp3) is 0.859. The third kappa shape index (κ3) is 43.7. The molecule has 11 amide bonds. The van der Waals surface area contributed by atoms with E-state index in [1.54, 1.807) is 27.9 Å². The number of unbranched alkanes of at least 4 members (excludes halogenated alkanes) is 10. The molecule has 4 rings (SSSR count). The molecule has 0 aromatic heterocycles. The van der Waals surface area contributed by atoms with Crippen LogP contribution in [-0.2, 0) is 98.4 Å². The number of rotatable bonds is 65. The zero-order valence-corrected chi connectivity index (χ0v) is 72.4. The van der Waals surface area contributed by atoms with Crippen molar-refractivity contribution in [1.82, 2.24) is 58.1 Å². The molecule has 17 atom stereocenters. The van der Waals surface area contributed by atoms with Crippen LogP contribution in [0.15, 0.2) is 0 Å². The summed E-state index contributed by atoms with van der Waals surface area (Å²) in [5.74, 6) is -3.74. The van der Waals surface area contributed by atoms with Gasteiger partial charge < -0.3 is 155 Å². The lowest BCUT2D eigenvalue weighted by molar-refractivity contribution is -0.270. The van der Waals surface area contributed by atoms with Gasteiger partial charge in [0.1, 0.15) is 102 Å². The van der Waals surface area contributed by atoms with Gasteiger partial charge in [0, 0.05) is 138 Å². The average molecular weight is 1850 g/mol. The maximum atomic E-state index is 14.0. The Morgan fingerprint density at radius 2 is 0.661 bits per heavy atom. The molecular weight excluding hydrogens is 1710 g/mol. The normalized spacial score (nSPS) is 25.1. The van der Waals surface area contributed by atoms with Gasteiger partial charge in [0.05, 0.1) is 78.2 Å². The number of ether oxygens (including phenoxy) is 9. The minimum Gasteiger partial charge on any atom is -0.394 e. The molecular formula is C78H138IN11O31. The molecule has 4 aliphatic heterocycles. The summed E-state index contributed by atoms with van der Waals surface area (Å²) in [5.41, 5.74) is -1.43. The van der Waals surface area contributed by atoms with Crippen molar-refractivity contribution in [2.45, 2.75) is 297 Å². The van der Waals surface area contributed by atoms with Crippen LogP contribution in [-0.4, -0.2) is 362 Å². The number of hydrogen-bond donors (Lipinski definition) is 20. The minimum absolute atomic E-state index is 0.00715. The predicted octanol–water partition coefficient (Wildman–Crippen LogP) is -4.45. The van der Waals surface area contributed by atoms with Gasteiger partial charge in [0.15, 0.2) is 18.9 Å². The first-order chi connectivity index (χ1) is 58.0. The summed E-state index contributed by atoms with van der Waals surface area (Å²) in [6, 6.07) is -3.43. The highest BCUT2D eigenvalue weighted by Crippen LogP contribution is 2.27. The minimum atomic E-state index is -1.46. The molecule has 0 aromatic rings. The maximum absolute atomic E-state index is 14.0. The molecule has 0 spiro atoms. The van der Waals surface area contributed by atoms with Gasteiger partial charge in [-0.3, -0.25) is 52.7 Å². The van der Waals surface area contributed by atoms with E-state index in [1.807, 2.05) is 0 Å². The van der Waals surface area contributed by atoms with Gasteiger partial charge in [-0.25, -0.2) is 0 Å². The highest BCUT2D eigenvalue weighted by molar-refractivity contribution is 14.1. The number of nitrogens with zero attached hydrogens (tertiary/aromatic N) is 1. The molecule has 4 heterocycles. The Kier molecular flexibility index (Phi) is 55.3. The summed E-state index contributed by atoms with van der Waals surface area (Å²) in [4.78, 5) is 141. The van der Waals surface area contributed by atoms with Crippen molar-refractivity contribution in [2.24, 2.45) is 0 Å². The van der Waals surface area contributed by atoms with Crippen molar-refractivity contribution < 1.29 is 150 Å². The second-order valence-corrected chi connectivity index (χ2v) is 31.5. The van der Waals surface area contributed by atoms with Crippen LogP contribution >= 0.6 is 23.0 Å². The SMILES string of the molecule is CC(=O)NC1C(OCCCCC(=O)NCCCNC(=O)CCOCC(COCCC(=O)NCCCNC(=O)CCCCOC2OC(CO)C(O)C(O)C2NC(C)=O)(COCCC(=O)NCCCNC(=O)CCCCOC2OC(CO)C(O)C(O)C2NC(C)=O)NC(=O)CCCCCCCCCCC(=O)N2C[C@H](O)C[C@H]2COI)OC(CO)C(O)C1O. The standard InChI is InChI=1S/C78H138IN11O31/c1-50(94)86-66-72(109)69(106)55(43-91)119-75(66)115-35-15-12-21-58(98)80-29-18-32-83-61(101)26-38-112-47-78(89-64(104)24-10-8-6-4-5-7-9-11-25-65(105)90-42-54(97)41-53(90)46-118-79,48-113-39-27-62(102)84-33-19-30-81-59(99)22-13-16-36-116-76-67(87-51(2)95)73(110)70(107)56(44-92)120-76)49-114-40-28-63(103)85-34-20-31-82-60(100)23-14-17-37-117-77-68(88-52(3)96)74(111)71(108)57(45-93)121-77/h53-57,66-77,91-93,97,106-111H,4-49H2,1-3H3,(H,80,98)(H,81,99)(H,82,100)(H,83,101)(H,84,102)(H,85,103)(H,86,94)(H,87,95)(H,88,96)(H,89,104)/t53-,54+,55?,56?,57?,66?,67?,68?,69?,70?,71?,72?,73?,74?,75?,76?,77?,78?/m0/s1. The average Bonchev–Trinajstić information content (AvgIpc) is 1.51. The van der Waals surface area contributed by atoms with E-state index in [0.29, 0.717) is 90.2 Å². The summed E-state index contributed by atoms with van der Waals surface area (Å²) in [6.45, 7) is 2.96. The van der Waals surface area contributed by atoms with Crippen LogP contribution in [0.5, 0.6) is 0 Å². The second kappa shape index (κ2) is 62.3. The summed E-state index contributed by atoms with van der Waals surface area (Å²) in [5, 5.41) is 129. The first-order valence-electron chi connectivity index (χ1n) is 42.4. The van der Waals surface area contributed by atoms with Crippen LogP contribution in [0.2, 0.25) is 0 Å². The number of aliphatic hydroxyl groups is 10. The molecule has 4 fully saturated rings. The van der Waals surface area contributed by atoms with E-state index in [0.717, 1.165) is 44.9 Å². The van der Waals surface area contributed by atoms with E-state index in [2.05, 4.69) is 53.2 Å². The van der Waals surface area contributed by atoms with E-state index in [9.17, 15) is 104 Å². The van der Waals surface area contributed by atoms with Gasteiger partial charge >= 0.3 is 0 Å². The van der Waals surface area contributed by atoms with E-state index < -0.39 is 141 Å². The van der Waals surface area contributed by atoms with Crippen LogP contribution in [0, 0.1) is 0 Å². The highest BCUT2D eigenvalue weighted by atomic mass is 127. The number of aliphatic hydroxyl groups excluding tert-OH is 10. The predicted molar refractivity (Wildman–Crippen MR) is 437 cm³/mol. The Hall–Kier alpha value is -5.90. The molecule has 0 saturated carbocycles. The molecule has 20 N–H and O–H groups in total. The lowest BCUT2D eigenvalue weighted by atomic mass is 9.97. The molecule has 0 aromatic carbocycles. The van der Waals surface area contributed by atoms with E-state index in [-0.39, 0.29) is 197 Å². The highest BCUT2D eigenvalue weighted by Gasteiger charge is 2.48. The van der Waals surface area contributed by atoms with Gasteiger partial charge in [-0.15, -0.1) is 0 Å². The van der Waals surface area contributed by atoms with E-state index >= 15 is 0 Å². The zero-order valence-electron chi connectivity index (χ0n) is 70.2. The lowest BCUT2D eigenvalue weighted by Gasteiger charge is -2.42.